The molecule has 2 aliphatic rings. The van der Waals surface area contributed by atoms with Gasteiger partial charge in [-0.05, 0) is 42.2 Å². The van der Waals surface area contributed by atoms with Gasteiger partial charge in [0.05, 0.1) is 5.92 Å². The predicted octanol–water partition coefficient (Wildman–Crippen LogP) is 3.49. The summed E-state index contributed by atoms with van der Waals surface area (Å²) < 4.78 is 5.52. The van der Waals surface area contributed by atoms with E-state index in [1.165, 1.54) is 0 Å². The molecule has 0 radical (unpaired) electrons. The van der Waals surface area contributed by atoms with Crippen LogP contribution >= 0.6 is 23.4 Å². The van der Waals surface area contributed by atoms with Gasteiger partial charge in [-0.3, -0.25) is 4.79 Å². The Hall–Kier alpha value is -0.670. The van der Waals surface area contributed by atoms with Crippen LogP contribution in [0.2, 0.25) is 5.02 Å². The molecule has 0 amide bonds. The first-order valence-electron chi connectivity index (χ1n) is 6.28. The highest BCUT2D eigenvalue weighted by Crippen LogP contribution is 2.48. The van der Waals surface area contributed by atoms with Crippen LogP contribution in [-0.4, -0.2) is 23.6 Å². The lowest BCUT2D eigenvalue weighted by Crippen LogP contribution is -2.19. The van der Waals surface area contributed by atoms with Crippen LogP contribution in [-0.2, 0) is 9.53 Å². The Balaban J connectivity index is 1.58. The molecule has 4 heteroatoms. The molecule has 1 aliphatic carbocycles. The summed E-state index contributed by atoms with van der Waals surface area (Å²) in [6.07, 6.45) is 2.05. The Kier molecular flexibility index (Phi) is 3.53. The largest absolute Gasteiger partial charge is 0.461 e. The first-order valence-corrected chi connectivity index (χ1v) is 7.81. The molecular formula is C14H15ClO2S. The minimum Gasteiger partial charge on any atom is -0.461 e. The maximum Gasteiger partial charge on any atom is 0.309 e. The van der Waals surface area contributed by atoms with Crippen LogP contribution in [0.4, 0.5) is 0 Å². The quantitative estimate of drug-likeness (QED) is 0.794. The number of carbonyl (C=O) groups excluding carboxylic acids is 1. The number of hydrogen-bond acceptors (Lipinski definition) is 3. The highest BCUT2D eigenvalue weighted by Gasteiger charge is 2.46. The summed E-state index contributed by atoms with van der Waals surface area (Å²) >= 11 is 7.82. The van der Waals surface area contributed by atoms with Crippen molar-refractivity contribution >= 4 is 29.3 Å². The van der Waals surface area contributed by atoms with Crippen molar-refractivity contribution in [1.29, 1.82) is 0 Å². The Morgan fingerprint density at radius 1 is 1.44 bits per heavy atom. The number of ether oxygens (including phenoxy) is 1. The minimum absolute atomic E-state index is 0.0209. The lowest BCUT2D eigenvalue weighted by atomic mass is 10.1. The second kappa shape index (κ2) is 5.14. The van der Waals surface area contributed by atoms with E-state index in [0.29, 0.717) is 5.92 Å². The van der Waals surface area contributed by atoms with Crippen LogP contribution in [0.3, 0.4) is 0 Å². The van der Waals surface area contributed by atoms with Crippen LogP contribution in [0.1, 0.15) is 24.3 Å². The molecule has 0 spiro atoms. The van der Waals surface area contributed by atoms with Gasteiger partial charge in [-0.25, -0.2) is 0 Å². The van der Waals surface area contributed by atoms with E-state index in [1.54, 1.807) is 0 Å². The molecule has 1 aromatic rings. The van der Waals surface area contributed by atoms with Crippen LogP contribution in [0, 0.1) is 5.92 Å². The smallest absolute Gasteiger partial charge is 0.309 e. The molecule has 96 valence electrons. The number of carbonyl (C=O) groups is 1. The van der Waals surface area contributed by atoms with Crippen molar-refractivity contribution < 1.29 is 9.53 Å². The van der Waals surface area contributed by atoms with Gasteiger partial charge in [0.2, 0.25) is 0 Å². The van der Waals surface area contributed by atoms with Crippen LogP contribution in [0.25, 0.3) is 0 Å². The molecule has 3 atom stereocenters. The summed E-state index contributed by atoms with van der Waals surface area (Å²) in [5.74, 6) is 2.41. The fourth-order valence-electron chi connectivity index (χ4n) is 2.42. The average molecular weight is 283 g/mol. The fourth-order valence-corrected chi connectivity index (χ4v) is 3.71. The highest BCUT2D eigenvalue weighted by molar-refractivity contribution is 7.99. The third kappa shape index (κ3) is 2.67. The van der Waals surface area contributed by atoms with Crippen molar-refractivity contribution in [2.45, 2.75) is 24.9 Å². The number of benzene rings is 1. The Morgan fingerprint density at radius 2 is 2.33 bits per heavy atom. The van der Waals surface area contributed by atoms with E-state index in [1.807, 2.05) is 36.0 Å². The molecule has 2 fully saturated rings. The summed E-state index contributed by atoms with van der Waals surface area (Å²) in [7, 11) is 0. The van der Waals surface area contributed by atoms with Crippen molar-refractivity contribution in [2.24, 2.45) is 5.92 Å². The SMILES string of the molecule is O=C(OC1CCSC1)C1CC1c1cccc(Cl)c1. The molecule has 1 aliphatic heterocycles. The van der Waals surface area contributed by atoms with Gasteiger partial charge in [0.15, 0.2) is 0 Å². The predicted molar refractivity (Wildman–Crippen MR) is 74.1 cm³/mol. The van der Waals surface area contributed by atoms with E-state index < -0.39 is 0 Å². The van der Waals surface area contributed by atoms with E-state index in [0.717, 1.165) is 34.9 Å². The van der Waals surface area contributed by atoms with E-state index in [2.05, 4.69) is 0 Å². The van der Waals surface area contributed by atoms with E-state index in [9.17, 15) is 4.79 Å². The van der Waals surface area contributed by atoms with E-state index in [4.69, 9.17) is 16.3 Å². The molecule has 1 saturated carbocycles. The monoisotopic (exact) mass is 282 g/mol. The second-order valence-corrected chi connectivity index (χ2v) is 6.51. The molecule has 1 heterocycles. The molecule has 0 N–H and O–H groups in total. The van der Waals surface area contributed by atoms with E-state index in [-0.39, 0.29) is 18.0 Å². The van der Waals surface area contributed by atoms with Gasteiger partial charge >= 0.3 is 5.97 Å². The van der Waals surface area contributed by atoms with Gasteiger partial charge in [0, 0.05) is 10.8 Å². The molecule has 2 nitrogen and oxygen atoms in total. The van der Waals surface area contributed by atoms with Crippen LogP contribution in [0.15, 0.2) is 24.3 Å². The topological polar surface area (TPSA) is 26.3 Å². The maximum atomic E-state index is 12.0. The number of esters is 1. The van der Waals surface area contributed by atoms with Crippen molar-refractivity contribution in [3.8, 4) is 0 Å². The van der Waals surface area contributed by atoms with Crippen molar-refractivity contribution in [3.05, 3.63) is 34.9 Å². The van der Waals surface area contributed by atoms with Gasteiger partial charge < -0.3 is 4.74 Å². The molecule has 18 heavy (non-hydrogen) atoms. The number of rotatable bonds is 3. The summed E-state index contributed by atoms with van der Waals surface area (Å²) in [4.78, 5) is 12.0. The number of halogens is 1. The zero-order valence-electron chi connectivity index (χ0n) is 9.97. The van der Waals surface area contributed by atoms with Crippen molar-refractivity contribution in [3.63, 3.8) is 0 Å². The summed E-state index contributed by atoms with van der Waals surface area (Å²) in [5.41, 5.74) is 1.16. The van der Waals surface area contributed by atoms with Gasteiger partial charge in [-0.2, -0.15) is 11.8 Å². The second-order valence-electron chi connectivity index (χ2n) is 4.93. The molecule has 1 aromatic carbocycles. The summed E-state index contributed by atoms with van der Waals surface area (Å²) in [6, 6.07) is 7.78. The first-order chi connectivity index (χ1) is 8.74. The average Bonchev–Trinajstić information content (AvgIpc) is 3.01. The molecule has 0 aromatic heterocycles. The van der Waals surface area contributed by atoms with Crippen molar-refractivity contribution in [1.82, 2.24) is 0 Å². The Bertz CT molecular complexity index is 457. The molecular weight excluding hydrogens is 268 g/mol. The standard InChI is InChI=1S/C14H15ClO2S/c15-10-3-1-2-9(6-10)12-7-13(12)14(16)17-11-4-5-18-8-11/h1-3,6,11-13H,4-5,7-8H2. The van der Waals surface area contributed by atoms with Gasteiger partial charge in [-0.15, -0.1) is 0 Å². The summed E-state index contributed by atoms with van der Waals surface area (Å²) in [5, 5.41) is 0.735. The number of thioether (sulfide) groups is 1. The molecule has 1 saturated heterocycles. The first kappa shape index (κ1) is 12.4. The van der Waals surface area contributed by atoms with Crippen LogP contribution in [0.5, 0.6) is 0 Å². The van der Waals surface area contributed by atoms with Crippen LogP contribution < -0.4 is 0 Å². The lowest BCUT2D eigenvalue weighted by molar-refractivity contribution is -0.149. The maximum absolute atomic E-state index is 12.0. The molecule has 3 unspecified atom stereocenters. The van der Waals surface area contributed by atoms with Crippen molar-refractivity contribution in [2.75, 3.05) is 11.5 Å². The summed E-state index contributed by atoms with van der Waals surface area (Å²) in [6.45, 7) is 0. The third-order valence-electron chi connectivity index (χ3n) is 3.54. The van der Waals surface area contributed by atoms with E-state index >= 15 is 0 Å². The molecule has 3 rings (SSSR count). The minimum atomic E-state index is -0.0209. The van der Waals surface area contributed by atoms with Gasteiger partial charge in [0.1, 0.15) is 6.10 Å². The zero-order chi connectivity index (χ0) is 12.5. The third-order valence-corrected chi connectivity index (χ3v) is 4.91. The van der Waals surface area contributed by atoms with Gasteiger partial charge in [-0.1, -0.05) is 23.7 Å². The van der Waals surface area contributed by atoms with Gasteiger partial charge in [0.25, 0.3) is 0 Å². The molecule has 0 bridgehead atoms. The fraction of sp³-hybridized carbons (Fsp3) is 0.500. The number of hydrogen-bond donors (Lipinski definition) is 0. The normalized spacial score (nSPS) is 30.2. The lowest BCUT2D eigenvalue weighted by Gasteiger charge is -2.10. The highest BCUT2D eigenvalue weighted by atomic mass is 35.5. The Labute approximate surface area is 116 Å². The zero-order valence-corrected chi connectivity index (χ0v) is 11.5. The Morgan fingerprint density at radius 3 is 3.06 bits per heavy atom.